The van der Waals surface area contributed by atoms with Gasteiger partial charge in [-0.3, -0.25) is 19.3 Å². The van der Waals surface area contributed by atoms with E-state index in [2.05, 4.69) is 32.6 Å². The van der Waals surface area contributed by atoms with E-state index in [0.29, 0.717) is 37.6 Å². The molecule has 1 atom stereocenters. The lowest BCUT2D eigenvalue weighted by molar-refractivity contribution is -0.140. The molecule has 9 heteroatoms. The lowest BCUT2D eigenvalue weighted by Gasteiger charge is -2.33. The SMILES string of the molecule is CCOC(=O)c1ccc(N2C(=O)CC(N(CCN3CCOCC3)C(=O)C3C(C)(C)C3(C)C)C2=O)cc1. The molecule has 1 saturated carbocycles. The molecule has 0 aromatic heterocycles. The van der Waals surface area contributed by atoms with Gasteiger partial charge in [0.15, 0.2) is 0 Å². The minimum absolute atomic E-state index is 0.0547. The van der Waals surface area contributed by atoms with Crippen molar-refractivity contribution in [2.24, 2.45) is 16.7 Å². The van der Waals surface area contributed by atoms with Gasteiger partial charge in [-0.05, 0) is 42.0 Å². The number of amides is 3. The van der Waals surface area contributed by atoms with Crippen LogP contribution in [0.2, 0.25) is 0 Å². The molecule has 3 aliphatic rings. The molecule has 1 unspecified atom stereocenters. The van der Waals surface area contributed by atoms with E-state index in [9.17, 15) is 19.2 Å². The van der Waals surface area contributed by atoms with Crippen LogP contribution in [-0.4, -0.2) is 85.5 Å². The van der Waals surface area contributed by atoms with Gasteiger partial charge >= 0.3 is 5.97 Å². The highest BCUT2D eigenvalue weighted by Crippen LogP contribution is 2.69. The average molecular weight is 500 g/mol. The van der Waals surface area contributed by atoms with Crippen molar-refractivity contribution in [3.05, 3.63) is 29.8 Å². The van der Waals surface area contributed by atoms with Crippen molar-refractivity contribution in [2.75, 3.05) is 50.9 Å². The molecule has 2 saturated heterocycles. The maximum atomic E-state index is 13.8. The molecule has 2 heterocycles. The number of hydrogen-bond acceptors (Lipinski definition) is 7. The van der Waals surface area contributed by atoms with Gasteiger partial charge in [0.1, 0.15) is 6.04 Å². The van der Waals surface area contributed by atoms with Crippen LogP contribution in [0.4, 0.5) is 5.69 Å². The number of carbonyl (C=O) groups is 4. The van der Waals surface area contributed by atoms with Crippen molar-refractivity contribution in [3.8, 4) is 0 Å². The smallest absolute Gasteiger partial charge is 0.338 e. The van der Waals surface area contributed by atoms with Crippen LogP contribution in [0.25, 0.3) is 0 Å². The van der Waals surface area contributed by atoms with E-state index >= 15 is 0 Å². The molecular weight excluding hydrogens is 462 g/mol. The zero-order valence-electron chi connectivity index (χ0n) is 21.9. The number of imide groups is 1. The van der Waals surface area contributed by atoms with E-state index in [-0.39, 0.29) is 41.6 Å². The fourth-order valence-electron chi connectivity index (χ4n) is 5.56. The molecule has 0 radical (unpaired) electrons. The Hall–Kier alpha value is -2.78. The van der Waals surface area contributed by atoms with E-state index in [1.807, 2.05) is 0 Å². The van der Waals surface area contributed by atoms with Crippen LogP contribution in [0.1, 0.15) is 51.4 Å². The van der Waals surface area contributed by atoms with Gasteiger partial charge in [-0.25, -0.2) is 9.69 Å². The highest BCUT2D eigenvalue weighted by Gasteiger charge is 2.69. The van der Waals surface area contributed by atoms with E-state index < -0.39 is 17.9 Å². The summed E-state index contributed by atoms with van der Waals surface area (Å²) in [6.07, 6.45) is -0.0547. The van der Waals surface area contributed by atoms with Crippen LogP contribution < -0.4 is 4.90 Å². The molecule has 196 valence electrons. The molecule has 3 amide bonds. The van der Waals surface area contributed by atoms with Crippen molar-refractivity contribution >= 4 is 29.4 Å². The zero-order chi connectivity index (χ0) is 26.3. The highest BCUT2D eigenvalue weighted by atomic mass is 16.5. The summed E-state index contributed by atoms with van der Waals surface area (Å²) >= 11 is 0. The summed E-state index contributed by atoms with van der Waals surface area (Å²) in [5, 5.41) is 0. The topological polar surface area (TPSA) is 96.5 Å². The summed E-state index contributed by atoms with van der Waals surface area (Å²) in [5.41, 5.74) is 0.357. The quantitative estimate of drug-likeness (QED) is 0.400. The predicted octanol–water partition coefficient (Wildman–Crippen LogP) is 2.34. The maximum Gasteiger partial charge on any atom is 0.338 e. The van der Waals surface area contributed by atoms with Gasteiger partial charge in [-0.2, -0.15) is 0 Å². The number of rotatable bonds is 8. The van der Waals surface area contributed by atoms with Crippen molar-refractivity contribution in [1.29, 1.82) is 0 Å². The van der Waals surface area contributed by atoms with Crippen LogP contribution in [0, 0.1) is 16.7 Å². The maximum absolute atomic E-state index is 13.8. The largest absolute Gasteiger partial charge is 0.462 e. The van der Waals surface area contributed by atoms with Gasteiger partial charge in [0, 0.05) is 32.1 Å². The highest BCUT2D eigenvalue weighted by molar-refractivity contribution is 6.23. The van der Waals surface area contributed by atoms with Gasteiger partial charge < -0.3 is 14.4 Å². The Labute approximate surface area is 212 Å². The average Bonchev–Trinajstić information content (AvgIpc) is 3.08. The monoisotopic (exact) mass is 499 g/mol. The molecule has 0 spiro atoms. The second-order valence-electron chi connectivity index (χ2n) is 10.9. The summed E-state index contributed by atoms with van der Waals surface area (Å²) in [4.78, 5) is 57.4. The number of anilines is 1. The Morgan fingerprint density at radius 3 is 2.22 bits per heavy atom. The van der Waals surface area contributed by atoms with Gasteiger partial charge in [0.05, 0.1) is 37.5 Å². The van der Waals surface area contributed by atoms with Gasteiger partial charge in [0.2, 0.25) is 11.8 Å². The Morgan fingerprint density at radius 2 is 1.67 bits per heavy atom. The Balaban J connectivity index is 1.55. The number of ether oxygens (including phenoxy) is 2. The fraction of sp³-hybridized carbons (Fsp3) is 0.630. The number of nitrogens with zero attached hydrogens (tertiary/aromatic N) is 3. The van der Waals surface area contributed by atoms with Crippen molar-refractivity contribution < 1.29 is 28.7 Å². The first-order chi connectivity index (χ1) is 17.0. The molecule has 3 fully saturated rings. The van der Waals surface area contributed by atoms with E-state index in [1.165, 1.54) is 12.1 Å². The van der Waals surface area contributed by atoms with E-state index in [1.54, 1.807) is 24.0 Å². The summed E-state index contributed by atoms with van der Waals surface area (Å²) in [5.74, 6) is -1.50. The molecule has 1 aromatic rings. The van der Waals surface area contributed by atoms with Crippen LogP contribution in [0.3, 0.4) is 0 Å². The first-order valence-corrected chi connectivity index (χ1v) is 12.7. The van der Waals surface area contributed by atoms with Gasteiger partial charge in [-0.1, -0.05) is 27.7 Å². The van der Waals surface area contributed by atoms with Gasteiger partial charge in [-0.15, -0.1) is 0 Å². The first kappa shape index (κ1) is 26.3. The number of hydrogen-bond donors (Lipinski definition) is 0. The van der Waals surface area contributed by atoms with Crippen LogP contribution in [0.15, 0.2) is 24.3 Å². The zero-order valence-corrected chi connectivity index (χ0v) is 21.9. The lowest BCUT2D eigenvalue weighted by atomic mass is 10.0. The Morgan fingerprint density at radius 1 is 1.06 bits per heavy atom. The van der Waals surface area contributed by atoms with Gasteiger partial charge in [0.25, 0.3) is 5.91 Å². The number of morpholine rings is 1. The van der Waals surface area contributed by atoms with Crippen molar-refractivity contribution in [3.63, 3.8) is 0 Å². The lowest BCUT2D eigenvalue weighted by Crippen LogP contribution is -2.50. The molecule has 9 nitrogen and oxygen atoms in total. The molecule has 2 aliphatic heterocycles. The van der Waals surface area contributed by atoms with Crippen molar-refractivity contribution in [1.82, 2.24) is 9.80 Å². The normalized spacial score (nSPS) is 23.6. The van der Waals surface area contributed by atoms with Crippen LogP contribution >= 0.6 is 0 Å². The summed E-state index contributed by atoms with van der Waals surface area (Å²) in [7, 11) is 0. The predicted molar refractivity (Wildman–Crippen MR) is 133 cm³/mol. The van der Waals surface area contributed by atoms with E-state index in [0.717, 1.165) is 18.0 Å². The standard InChI is InChI=1S/C27H37N3O6/c1-6-36-25(34)18-7-9-19(10-8-18)30-21(31)17-20(23(30)32)29(12-11-28-13-15-35-16-14-28)24(33)22-26(2,3)27(22,4)5/h7-10,20,22H,6,11-17H2,1-5H3. The van der Waals surface area contributed by atoms with E-state index in [4.69, 9.17) is 9.47 Å². The summed E-state index contributed by atoms with van der Waals surface area (Å²) < 4.78 is 10.4. The minimum Gasteiger partial charge on any atom is -0.462 e. The molecule has 1 aromatic carbocycles. The third-order valence-electron chi connectivity index (χ3n) is 8.45. The minimum atomic E-state index is -0.844. The number of esters is 1. The molecule has 1 aliphatic carbocycles. The fourth-order valence-corrected chi connectivity index (χ4v) is 5.56. The summed E-state index contributed by atoms with van der Waals surface area (Å²) in [6.45, 7) is 14.1. The third kappa shape index (κ3) is 4.66. The van der Waals surface area contributed by atoms with Crippen LogP contribution in [0.5, 0.6) is 0 Å². The van der Waals surface area contributed by atoms with Crippen LogP contribution in [-0.2, 0) is 23.9 Å². The molecule has 36 heavy (non-hydrogen) atoms. The summed E-state index contributed by atoms with van der Waals surface area (Å²) in [6, 6.07) is 5.37. The second kappa shape index (κ2) is 9.94. The first-order valence-electron chi connectivity index (χ1n) is 12.7. The molecular formula is C27H37N3O6. The Bertz CT molecular complexity index is 1010. The molecule has 0 bridgehead atoms. The Kier molecular flexibility index (Phi) is 7.26. The third-order valence-corrected chi connectivity index (χ3v) is 8.45. The number of benzene rings is 1. The molecule has 0 N–H and O–H groups in total. The number of carbonyl (C=O) groups excluding carboxylic acids is 4. The second-order valence-corrected chi connectivity index (χ2v) is 10.9. The van der Waals surface area contributed by atoms with Crippen molar-refractivity contribution in [2.45, 2.75) is 47.1 Å². The molecule has 4 rings (SSSR count).